The third-order valence-electron chi connectivity index (χ3n) is 2.66. The lowest BCUT2D eigenvalue weighted by molar-refractivity contribution is -0.120. The summed E-state index contributed by atoms with van der Waals surface area (Å²) in [6.45, 7) is 0. The maximum absolute atomic E-state index is 11.0. The molecule has 2 aliphatic rings. The third kappa shape index (κ3) is 0.669. The molecule has 1 saturated carbocycles. The zero-order valence-electron chi connectivity index (χ0n) is 5.84. The van der Waals surface area contributed by atoms with Crippen LogP contribution in [-0.4, -0.2) is 18.0 Å². The second-order valence-corrected chi connectivity index (χ2v) is 3.24. The van der Waals surface area contributed by atoms with Crippen molar-refractivity contribution in [2.24, 2.45) is 11.7 Å². The van der Waals surface area contributed by atoms with Gasteiger partial charge in [0.1, 0.15) is 0 Å². The minimum atomic E-state index is -0.215. The van der Waals surface area contributed by atoms with Gasteiger partial charge in [-0.2, -0.15) is 0 Å². The molecule has 0 aromatic rings. The molecule has 3 N–H and O–H groups in total. The molecule has 0 aromatic heterocycles. The largest absolute Gasteiger partial charge is 0.352 e. The quantitative estimate of drug-likeness (QED) is 0.481. The molecule has 1 aliphatic heterocycles. The van der Waals surface area contributed by atoms with E-state index in [1.165, 1.54) is 6.42 Å². The van der Waals surface area contributed by atoms with Crippen molar-refractivity contribution in [1.82, 2.24) is 5.32 Å². The SMILES string of the molecule is N[C@H]1C(=O)N[C@@H]2CCC[C@@H]21. The first-order valence-corrected chi connectivity index (χ1v) is 3.85. The Kier molecular flexibility index (Phi) is 1.20. The maximum atomic E-state index is 11.0. The van der Waals surface area contributed by atoms with Crippen molar-refractivity contribution in [1.29, 1.82) is 0 Å². The van der Waals surface area contributed by atoms with Crippen molar-refractivity contribution in [3.63, 3.8) is 0 Å². The second kappa shape index (κ2) is 1.95. The molecule has 1 amide bonds. The normalized spacial score (nSPS) is 45.3. The Hall–Kier alpha value is -0.570. The molecule has 1 aliphatic carbocycles. The molecular weight excluding hydrogens is 128 g/mol. The molecule has 0 aromatic carbocycles. The van der Waals surface area contributed by atoms with Gasteiger partial charge in [0.2, 0.25) is 5.91 Å². The van der Waals surface area contributed by atoms with Crippen LogP contribution in [0.25, 0.3) is 0 Å². The van der Waals surface area contributed by atoms with Crippen molar-refractivity contribution in [3.8, 4) is 0 Å². The van der Waals surface area contributed by atoms with E-state index in [-0.39, 0.29) is 11.9 Å². The highest BCUT2D eigenvalue weighted by atomic mass is 16.2. The van der Waals surface area contributed by atoms with Crippen LogP contribution in [0.3, 0.4) is 0 Å². The van der Waals surface area contributed by atoms with E-state index in [9.17, 15) is 4.79 Å². The summed E-state index contributed by atoms with van der Waals surface area (Å²) in [5.41, 5.74) is 5.65. The van der Waals surface area contributed by atoms with Crippen LogP contribution in [0.15, 0.2) is 0 Å². The highest BCUT2D eigenvalue weighted by Crippen LogP contribution is 2.31. The molecule has 3 heteroatoms. The van der Waals surface area contributed by atoms with Gasteiger partial charge in [-0.1, -0.05) is 6.42 Å². The molecule has 0 spiro atoms. The fourth-order valence-electron chi connectivity index (χ4n) is 2.07. The second-order valence-electron chi connectivity index (χ2n) is 3.24. The Labute approximate surface area is 60.0 Å². The topological polar surface area (TPSA) is 55.1 Å². The zero-order valence-corrected chi connectivity index (χ0v) is 5.84. The first-order chi connectivity index (χ1) is 4.79. The highest BCUT2D eigenvalue weighted by molar-refractivity contribution is 5.84. The van der Waals surface area contributed by atoms with Crippen molar-refractivity contribution >= 4 is 5.91 Å². The molecule has 0 unspecified atom stereocenters. The average Bonchev–Trinajstić information content (AvgIpc) is 2.41. The van der Waals surface area contributed by atoms with E-state index in [2.05, 4.69) is 5.32 Å². The van der Waals surface area contributed by atoms with Crippen molar-refractivity contribution in [2.45, 2.75) is 31.3 Å². The van der Waals surface area contributed by atoms with Crippen LogP contribution in [0.1, 0.15) is 19.3 Å². The zero-order chi connectivity index (χ0) is 7.14. The number of carbonyl (C=O) groups is 1. The first-order valence-electron chi connectivity index (χ1n) is 3.85. The monoisotopic (exact) mass is 140 g/mol. The first kappa shape index (κ1) is 6.16. The molecule has 0 bridgehead atoms. The Morgan fingerprint density at radius 1 is 1.50 bits per heavy atom. The standard InChI is InChI=1S/C7H12N2O/c8-6-4-2-1-3-5(4)9-7(6)10/h4-6H,1-3,8H2,(H,9,10)/t4-,5+,6+/m0/s1. The van der Waals surface area contributed by atoms with Crippen LogP contribution < -0.4 is 11.1 Å². The molecule has 3 atom stereocenters. The van der Waals surface area contributed by atoms with Crippen LogP contribution >= 0.6 is 0 Å². The van der Waals surface area contributed by atoms with Gasteiger partial charge < -0.3 is 11.1 Å². The van der Waals surface area contributed by atoms with Crippen LogP contribution in [-0.2, 0) is 4.79 Å². The number of hydrogen-bond acceptors (Lipinski definition) is 2. The van der Waals surface area contributed by atoms with Crippen LogP contribution in [0.2, 0.25) is 0 Å². The van der Waals surface area contributed by atoms with E-state index < -0.39 is 0 Å². The molecule has 1 heterocycles. The van der Waals surface area contributed by atoms with Gasteiger partial charge in [-0.25, -0.2) is 0 Å². The summed E-state index contributed by atoms with van der Waals surface area (Å²) < 4.78 is 0. The Bertz CT molecular complexity index is 169. The Morgan fingerprint density at radius 2 is 2.30 bits per heavy atom. The summed E-state index contributed by atoms with van der Waals surface area (Å²) in [7, 11) is 0. The number of fused-ring (bicyclic) bond motifs is 1. The number of hydrogen-bond donors (Lipinski definition) is 2. The molecule has 3 nitrogen and oxygen atoms in total. The van der Waals surface area contributed by atoms with Crippen molar-refractivity contribution in [2.75, 3.05) is 0 Å². The van der Waals surface area contributed by atoms with Crippen molar-refractivity contribution < 1.29 is 4.79 Å². The van der Waals surface area contributed by atoms with Gasteiger partial charge in [-0.05, 0) is 12.8 Å². The highest BCUT2D eigenvalue weighted by Gasteiger charge is 2.42. The number of rotatable bonds is 0. The van der Waals surface area contributed by atoms with Gasteiger partial charge in [-0.15, -0.1) is 0 Å². The van der Waals surface area contributed by atoms with E-state index in [0.29, 0.717) is 12.0 Å². The van der Waals surface area contributed by atoms with Gasteiger partial charge >= 0.3 is 0 Å². The van der Waals surface area contributed by atoms with Gasteiger partial charge in [0, 0.05) is 12.0 Å². The van der Waals surface area contributed by atoms with Gasteiger partial charge in [0.15, 0.2) is 0 Å². The summed E-state index contributed by atoms with van der Waals surface area (Å²) >= 11 is 0. The van der Waals surface area contributed by atoms with E-state index in [1.54, 1.807) is 0 Å². The lowest BCUT2D eigenvalue weighted by atomic mass is 10.0. The minimum absolute atomic E-state index is 0.0506. The summed E-state index contributed by atoms with van der Waals surface area (Å²) in [6.07, 6.45) is 3.48. The molecule has 56 valence electrons. The van der Waals surface area contributed by atoms with Gasteiger partial charge in [0.25, 0.3) is 0 Å². The minimum Gasteiger partial charge on any atom is -0.352 e. The molecular formula is C7H12N2O. The predicted octanol–water partition coefficient (Wildman–Crippen LogP) is -0.388. The number of amides is 1. The van der Waals surface area contributed by atoms with Crippen LogP contribution in [0, 0.1) is 5.92 Å². The van der Waals surface area contributed by atoms with Crippen LogP contribution in [0.4, 0.5) is 0 Å². The summed E-state index contributed by atoms with van der Waals surface area (Å²) in [6, 6.07) is 0.190. The van der Waals surface area contributed by atoms with E-state index in [4.69, 9.17) is 5.73 Å². The Balaban J connectivity index is 2.16. The van der Waals surface area contributed by atoms with Gasteiger partial charge in [0.05, 0.1) is 6.04 Å². The summed E-state index contributed by atoms with van der Waals surface area (Å²) in [4.78, 5) is 11.0. The summed E-state index contributed by atoms with van der Waals surface area (Å²) in [5, 5.41) is 2.90. The lowest BCUT2D eigenvalue weighted by Gasteiger charge is -2.08. The number of nitrogens with one attached hydrogen (secondary N) is 1. The van der Waals surface area contributed by atoms with Crippen molar-refractivity contribution in [3.05, 3.63) is 0 Å². The molecule has 2 fully saturated rings. The molecule has 0 radical (unpaired) electrons. The average molecular weight is 140 g/mol. The Morgan fingerprint density at radius 3 is 3.00 bits per heavy atom. The van der Waals surface area contributed by atoms with Gasteiger partial charge in [-0.3, -0.25) is 4.79 Å². The fraction of sp³-hybridized carbons (Fsp3) is 0.857. The number of nitrogens with two attached hydrogens (primary N) is 1. The van der Waals surface area contributed by atoms with E-state index in [1.807, 2.05) is 0 Å². The smallest absolute Gasteiger partial charge is 0.237 e. The fourth-order valence-corrected chi connectivity index (χ4v) is 2.07. The van der Waals surface area contributed by atoms with E-state index >= 15 is 0 Å². The number of carbonyl (C=O) groups excluding carboxylic acids is 1. The predicted molar refractivity (Wildman–Crippen MR) is 37.2 cm³/mol. The summed E-state index contributed by atoms with van der Waals surface area (Å²) in [5.74, 6) is 0.488. The third-order valence-corrected chi connectivity index (χ3v) is 2.66. The lowest BCUT2D eigenvalue weighted by Crippen LogP contribution is -2.33. The van der Waals surface area contributed by atoms with E-state index in [0.717, 1.165) is 12.8 Å². The molecule has 1 saturated heterocycles. The maximum Gasteiger partial charge on any atom is 0.237 e. The van der Waals surface area contributed by atoms with Crippen LogP contribution in [0.5, 0.6) is 0 Å². The molecule has 2 rings (SSSR count). The molecule has 10 heavy (non-hydrogen) atoms.